The van der Waals surface area contributed by atoms with Crippen LogP contribution >= 0.6 is 0 Å². The first-order valence-electron chi connectivity index (χ1n) is 19.2. The topological polar surface area (TPSA) is 157 Å². The molecule has 0 heterocycles. The Balaban J connectivity index is 0.000000335. The molecule has 4 aliphatic rings. The number of aliphatic hydroxyl groups excluding tert-OH is 2. The maximum atomic E-state index is 11.7. The summed E-state index contributed by atoms with van der Waals surface area (Å²) >= 11 is 0. The maximum absolute atomic E-state index is 11.7. The molecule has 4 fully saturated rings. The molecule has 4 rings (SSSR count). The molecule has 0 radical (unpaired) electrons. The minimum Gasteiger partial charge on any atom is -0.393 e. The van der Waals surface area contributed by atoms with Gasteiger partial charge in [-0.3, -0.25) is 19.2 Å². The molecule has 0 aliphatic heterocycles. The van der Waals surface area contributed by atoms with Crippen molar-refractivity contribution in [2.24, 2.45) is 33.5 Å². The van der Waals surface area contributed by atoms with Crippen molar-refractivity contribution in [2.45, 2.75) is 198 Å². The van der Waals surface area contributed by atoms with Gasteiger partial charge in [-0.1, -0.05) is 96.9 Å². The summed E-state index contributed by atoms with van der Waals surface area (Å²) in [5.41, 5.74) is -1.16. The second-order valence-corrected chi connectivity index (χ2v) is 19.6. The molecule has 0 bridgehead atoms. The Morgan fingerprint density at radius 1 is 0.480 bits per heavy atom. The van der Waals surface area contributed by atoms with Gasteiger partial charge in [-0.15, -0.1) is 0 Å². The predicted octanol–water partition coefficient (Wildman–Crippen LogP) is 6.02. The highest BCUT2D eigenvalue weighted by molar-refractivity contribution is 5.83. The van der Waals surface area contributed by atoms with Gasteiger partial charge in [0.1, 0.15) is 0 Å². The first kappa shape index (κ1) is 45.8. The van der Waals surface area contributed by atoms with Crippen LogP contribution in [0.4, 0.5) is 0 Å². The summed E-state index contributed by atoms with van der Waals surface area (Å²) in [6.07, 6.45) is 9.59. The lowest BCUT2D eigenvalue weighted by atomic mass is 9.86. The van der Waals surface area contributed by atoms with Gasteiger partial charge in [0.05, 0.1) is 18.2 Å². The fraction of sp³-hybridized carbons (Fsp3) is 0.900. The number of rotatable bonds is 4. The largest absolute Gasteiger partial charge is 0.393 e. The van der Waals surface area contributed by atoms with E-state index >= 15 is 0 Å². The summed E-state index contributed by atoms with van der Waals surface area (Å²) in [5, 5.41) is 30.4. The molecule has 4 amide bonds. The average Bonchev–Trinajstić information content (AvgIpc) is 3.49. The standard InChI is InChI=1S/C12H23NO.C10H19NO2.C9H17NO2.C9H17NO/c1-9-5-7-10(8-6-9)13-11(14)12(2,3)4;1-10(2,3)9(13)11-7-5-4-6-8(7)12;1-9(2,3)8(12)10-6-4-7(11)5-6;1-6-5-7(6)10-8(11)9(2,3)4/h9-10H,5-8H2,1-4H3,(H,13,14);7-8,12H,4-6H2,1-3H3,(H,11,13);6-7,11H,4-5H2,1-3H3,(H,10,12);6-7H,5H2,1-4H3,(H,10,11). The fourth-order valence-electron chi connectivity index (χ4n) is 5.32. The van der Waals surface area contributed by atoms with E-state index in [1.807, 2.05) is 83.1 Å². The number of carbonyl (C=O) groups excluding carboxylic acids is 4. The molecule has 6 N–H and O–H groups in total. The first-order chi connectivity index (χ1) is 22.6. The molecule has 4 saturated carbocycles. The molecular weight excluding hydrogens is 632 g/mol. The van der Waals surface area contributed by atoms with E-state index in [1.54, 1.807) is 0 Å². The van der Waals surface area contributed by atoms with E-state index in [0.29, 0.717) is 30.8 Å². The molecule has 4 aliphatic carbocycles. The summed E-state index contributed by atoms with van der Waals surface area (Å²) in [6.45, 7) is 27.5. The van der Waals surface area contributed by atoms with Crippen molar-refractivity contribution in [1.82, 2.24) is 21.3 Å². The van der Waals surface area contributed by atoms with Gasteiger partial charge in [-0.25, -0.2) is 0 Å². The maximum Gasteiger partial charge on any atom is 0.225 e. The number of hydrogen-bond donors (Lipinski definition) is 6. The zero-order valence-electron chi connectivity index (χ0n) is 34.2. The zero-order chi connectivity index (χ0) is 38.8. The van der Waals surface area contributed by atoms with Crippen LogP contribution in [0.2, 0.25) is 0 Å². The van der Waals surface area contributed by atoms with Crippen LogP contribution in [-0.2, 0) is 19.2 Å². The highest BCUT2D eigenvalue weighted by atomic mass is 16.3. The normalized spacial score (nSPS) is 29.1. The lowest BCUT2D eigenvalue weighted by Gasteiger charge is -2.34. The molecule has 0 spiro atoms. The van der Waals surface area contributed by atoms with Crippen LogP contribution in [0, 0.1) is 33.5 Å². The van der Waals surface area contributed by atoms with Gasteiger partial charge in [-0.05, 0) is 76.0 Å². The zero-order valence-corrected chi connectivity index (χ0v) is 34.2. The van der Waals surface area contributed by atoms with E-state index < -0.39 is 0 Å². The van der Waals surface area contributed by atoms with E-state index in [4.69, 9.17) is 5.11 Å². The Bertz CT molecular complexity index is 1080. The van der Waals surface area contributed by atoms with Crippen LogP contribution in [0.15, 0.2) is 0 Å². The van der Waals surface area contributed by atoms with Gasteiger partial charge in [-0.2, -0.15) is 0 Å². The van der Waals surface area contributed by atoms with Gasteiger partial charge in [0.2, 0.25) is 23.6 Å². The van der Waals surface area contributed by atoms with E-state index in [1.165, 1.54) is 12.8 Å². The second kappa shape index (κ2) is 19.0. The Labute approximate surface area is 304 Å². The third-order valence-corrected chi connectivity index (χ3v) is 9.75. The number of aliphatic hydroxyl groups is 2. The molecule has 0 aromatic rings. The van der Waals surface area contributed by atoms with Gasteiger partial charge in [0.25, 0.3) is 0 Å². The van der Waals surface area contributed by atoms with Crippen molar-refractivity contribution in [1.29, 1.82) is 0 Å². The minimum absolute atomic E-state index is 0.0216. The first-order valence-corrected chi connectivity index (χ1v) is 19.2. The minimum atomic E-state index is -0.359. The third kappa shape index (κ3) is 17.8. The number of nitrogens with one attached hydrogen (secondary N) is 4. The van der Waals surface area contributed by atoms with Crippen LogP contribution in [0.3, 0.4) is 0 Å². The summed E-state index contributed by atoms with van der Waals surface area (Å²) in [4.78, 5) is 46.0. The quantitative estimate of drug-likeness (QED) is 0.210. The smallest absolute Gasteiger partial charge is 0.225 e. The Hall–Kier alpha value is -2.20. The molecule has 50 heavy (non-hydrogen) atoms. The Kier molecular flexibility index (Phi) is 17.5. The highest BCUT2D eigenvalue weighted by Gasteiger charge is 2.36. The Morgan fingerprint density at radius 3 is 1.16 bits per heavy atom. The van der Waals surface area contributed by atoms with Crippen LogP contribution in [0.25, 0.3) is 0 Å². The SMILES string of the molecule is CC(C)(C)C(=O)NC1CC(O)C1.CC(C)(C)C(=O)NC1CCCC1O.CC1CC1NC(=O)C(C)(C)C.CC1CCC(NC(=O)C(C)(C)C)CC1. The monoisotopic (exact) mass is 709 g/mol. The second-order valence-electron chi connectivity index (χ2n) is 19.6. The van der Waals surface area contributed by atoms with Gasteiger partial charge < -0.3 is 31.5 Å². The van der Waals surface area contributed by atoms with Crippen LogP contribution in [0.5, 0.6) is 0 Å². The fourth-order valence-corrected chi connectivity index (χ4v) is 5.32. The van der Waals surface area contributed by atoms with E-state index in [-0.39, 0.29) is 69.6 Å². The summed E-state index contributed by atoms with van der Waals surface area (Å²) in [5.74, 6) is 2.00. The molecule has 4 unspecified atom stereocenters. The number of amides is 4. The van der Waals surface area contributed by atoms with Crippen LogP contribution in [-0.4, -0.2) is 70.2 Å². The average molecular weight is 709 g/mol. The van der Waals surface area contributed by atoms with Crippen molar-refractivity contribution in [3.05, 3.63) is 0 Å². The van der Waals surface area contributed by atoms with Crippen LogP contribution in [0.1, 0.15) is 161 Å². The van der Waals surface area contributed by atoms with Crippen molar-refractivity contribution >= 4 is 23.6 Å². The lowest BCUT2D eigenvalue weighted by Crippen LogP contribution is -2.49. The summed E-state index contributed by atoms with van der Waals surface area (Å²) in [7, 11) is 0. The molecule has 0 aromatic carbocycles. The molecule has 292 valence electrons. The van der Waals surface area contributed by atoms with Gasteiger partial charge in [0, 0.05) is 39.8 Å². The Morgan fingerprint density at radius 2 is 0.840 bits per heavy atom. The van der Waals surface area contributed by atoms with Crippen molar-refractivity contribution in [2.75, 3.05) is 0 Å². The van der Waals surface area contributed by atoms with E-state index in [9.17, 15) is 24.3 Å². The summed E-state index contributed by atoms with van der Waals surface area (Å²) in [6, 6.07) is 1.07. The lowest BCUT2D eigenvalue weighted by molar-refractivity contribution is -0.131. The van der Waals surface area contributed by atoms with E-state index in [2.05, 4.69) is 35.1 Å². The number of hydrogen-bond acceptors (Lipinski definition) is 6. The summed E-state index contributed by atoms with van der Waals surface area (Å²) < 4.78 is 0. The van der Waals surface area contributed by atoms with Gasteiger partial charge in [0.15, 0.2) is 0 Å². The molecule has 10 nitrogen and oxygen atoms in total. The molecule has 10 heteroatoms. The predicted molar refractivity (Wildman–Crippen MR) is 202 cm³/mol. The van der Waals surface area contributed by atoms with E-state index in [0.717, 1.165) is 44.4 Å². The van der Waals surface area contributed by atoms with Crippen molar-refractivity contribution < 1.29 is 29.4 Å². The molecule has 0 saturated heterocycles. The molecule has 4 atom stereocenters. The van der Waals surface area contributed by atoms with Crippen LogP contribution < -0.4 is 21.3 Å². The van der Waals surface area contributed by atoms with Crippen molar-refractivity contribution in [3.63, 3.8) is 0 Å². The number of carbonyl (C=O) groups is 4. The third-order valence-electron chi connectivity index (χ3n) is 9.75. The van der Waals surface area contributed by atoms with Crippen molar-refractivity contribution in [3.8, 4) is 0 Å². The highest BCUT2D eigenvalue weighted by Crippen LogP contribution is 2.30. The molecule has 0 aromatic heterocycles. The molecular formula is C40H76N4O6. The van der Waals surface area contributed by atoms with Gasteiger partial charge >= 0.3 is 0 Å².